The highest BCUT2D eigenvalue weighted by Crippen LogP contribution is 2.00. The monoisotopic (exact) mass is 145 g/mol. The van der Waals surface area contributed by atoms with E-state index in [9.17, 15) is 9.59 Å². The first-order valence-corrected chi connectivity index (χ1v) is 3.01. The Morgan fingerprint density at radius 2 is 2.30 bits per heavy atom. The average Bonchev–Trinajstić information content (AvgIpc) is 1.87. The van der Waals surface area contributed by atoms with Crippen LogP contribution in [-0.4, -0.2) is 23.4 Å². The fourth-order valence-corrected chi connectivity index (χ4v) is 0.557. The van der Waals surface area contributed by atoms with Gasteiger partial charge in [-0.2, -0.15) is 0 Å². The summed E-state index contributed by atoms with van der Waals surface area (Å²) < 4.78 is 0. The first-order valence-electron chi connectivity index (χ1n) is 3.01. The van der Waals surface area contributed by atoms with E-state index in [1.165, 1.54) is 0 Å². The normalized spacial score (nSPS) is 15.8. The molecule has 0 saturated carbocycles. The van der Waals surface area contributed by atoms with Gasteiger partial charge in [0.25, 0.3) is 0 Å². The Balaban J connectivity index is 3.67. The van der Waals surface area contributed by atoms with Gasteiger partial charge >= 0.3 is 5.97 Å². The molecule has 0 aromatic rings. The number of aliphatic carboxylic acids is 1. The van der Waals surface area contributed by atoms with Crippen molar-refractivity contribution < 1.29 is 14.7 Å². The molecule has 0 fully saturated rings. The van der Waals surface area contributed by atoms with E-state index < -0.39 is 12.0 Å². The first kappa shape index (κ1) is 9.10. The third kappa shape index (κ3) is 3.19. The molecule has 0 aromatic carbocycles. The maximum Gasteiger partial charge on any atom is 0.320 e. The van der Waals surface area contributed by atoms with Crippen molar-refractivity contribution in [3.63, 3.8) is 0 Å². The number of aldehydes is 1. The van der Waals surface area contributed by atoms with Gasteiger partial charge < -0.3 is 15.6 Å². The standard InChI is InChI=1S/C6H11NO3/c1-4(3-8)2-5(7)6(9)10/h3-5H,2,7H2,1H3,(H,9,10)/t4-,5+/m1/s1. The van der Waals surface area contributed by atoms with E-state index in [2.05, 4.69) is 0 Å². The van der Waals surface area contributed by atoms with Gasteiger partial charge in [-0.25, -0.2) is 0 Å². The van der Waals surface area contributed by atoms with Crippen molar-refractivity contribution in [1.82, 2.24) is 0 Å². The Kier molecular flexibility index (Phi) is 3.64. The van der Waals surface area contributed by atoms with Gasteiger partial charge in [0, 0.05) is 5.92 Å². The van der Waals surface area contributed by atoms with Crippen LogP contribution in [0.25, 0.3) is 0 Å². The molecule has 0 unspecified atom stereocenters. The van der Waals surface area contributed by atoms with Crippen LogP contribution in [0, 0.1) is 5.92 Å². The van der Waals surface area contributed by atoms with Gasteiger partial charge in [-0.05, 0) is 6.42 Å². The first-order chi connectivity index (χ1) is 4.57. The smallest absolute Gasteiger partial charge is 0.320 e. The van der Waals surface area contributed by atoms with E-state index in [1.807, 2.05) is 0 Å². The predicted octanol–water partition coefficient (Wildman–Crippen LogP) is -0.377. The SMILES string of the molecule is C[C@@H](C=O)C[C@H](N)C(=O)O. The number of hydrogen-bond donors (Lipinski definition) is 2. The van der Waals surface area contributed by atoms with Crippen LogP contribution in [0.5, 0.6) is 0 Å². The van der Waals surface area contributed by atoms with Crippen molar-refractivity contribution in [2.45, 2.75) is 19.4 Å². The molecule has 4 nitrogen and oxygen atoms in total. The fourth-order valence-electron chi connectivity index (χ4n) is 0.557. The number of nitrogens with two attached hydrogens (primary N) is 1. The maximum atomic E-state index is 10.1. The van der Waals surface area contributed by atoms with E-state index in [0.29, 0.717) is 6.29 Å². The van der Waals surface area contributed by atoms with E-state index >= 15 is 0 Å². The van der Waals surface area contributed by atoms with Crippen molar-refractivity contribution in [1.29, 1.82) is 0 Å². The van der Waals surface area contributed by atoms with E-state index in [-0.39, 0.29) is 12.3 Å². The van der Waals surface area contributed by atoms with Crippen LogP contribution < -0.4 is 5.73 Å². The lowest BCUT2D eigenvalue weighted by Gasteiger charge is -2.06. The molecule has 0 aliphatic rings. The molecule has 4 heteroatoms. The average molecular weight is 145 g/mol. The lowest BCUT2D eigenvalue weighted by molar-refractivity contribution is -0.138. The molecule has 0 aliphatic carbocycles. The van der Waals surface area contributed by atoms with Gasteiger partial charge in [-0.15, -0.1) is 0 Å². The molecule has 0 rings (SSSR count). The second-order valence-electron chi connectivity index (χ2n) is 2.29. The minimum atomic E-state index is -1.06. The molecule has 0 bridgehead atoms. The minimum Gasteiger partial charge on any atom is -0.480 e. The quantitative estimate of drug-likeness (QED) is 0.528. The van der Waals surface area contributed by atoms with Crippen LogP contribution in [-0.2, 0) is 9.59 Å². The number of carbonyl (C=O) groups is 2. The number of carboxylic acids is 1. The lowest BCUT2D eigenvalue weighted by atomic mass is 10.0. The molecule has 0 amide bonds. The molecule has 0 heterocycles. The third-order valence-electron chi connectivity index (χ3n) is 1.18. The highest BCUT2D eigenvalue weighted by Gasteiger charge is 2.14. The molecule has 58 valence electrons. The van der Waals surface area contributed by atoms with Crippen molar-refractivity contribution in [2.24, 2.45) is 11.7 Å². The van der Waals surface area contributed by atoms with Crippen LogP contribution in [0.4, 0.5) is 0 Å². The van der Waals surface area contributed by atoms with Crippen molar-refractivity contribution in [3.05, 3.63) is 0 Å². The Labute approximate surface area is 59.0 Å². The van der Waals surface area contributed by atoms with E-state index in [4.69, 9.17) is 10.8 Å². The Hall–Kier alpha value is -0.900. The highest BCUT2D eigenvalue weighted by molar-refractivity contribution is 5.73. The summed E-state index contributed by atoms with van der Waals surface area (Å²) in [6.45, 7) is 1.63. The number of carboxylic acid groups (broad SMARTS) is 1. The summed E-state index contributed by atoms with van der Waals surface area (Å²) in [6.07, 6.45) is 0.904. The van der Waals surface area contributed by atoms with Crippen LogP contribution in [0.3, 0.4) is 0 Å². The lowest BCUT2D eigenvalue weighted by Crippen LogP contribution is -2.32. The summed E-state index contributed by atoms with van der Waals surface area (Å²) >= 11 is 0. The summed E-state index contributed by atoms with van der Waals surface area (Å²) in [7, 11) is 0. The molecular weight excluding hydrogens is 134 g/mol. The second-order valence-corrected chi connectivity index (χ2v) is 2.29. The molecule has 0 saturated heterocycles. The van der Waals surface area contributed by atoms with Crippen LogP contribution in [0.1, 0.15) is 13.3 Å². The summed E-state index contributed by atoms with van der Waals surface area (Å²) in [4.78, 5) is 20.1. The molecule has 0 radical (unpaired) electrons. The van der Waals surface area contributed by atoms with Crippen molar-refractivity contribution in [3.8, 4) is 0 Å². The molecule has 0 spiro atoms. The minimum absolute atomic E-state index is 0.207. The van der Waals surface area contributed by atoms with Gasteiger partial charge in [-0.1, -0.05) is 6.92 Å². The second kappa shape index (κ2) is 4.00. The Bertz CT molecular complexity index is 135. The van der Waals surface area contributed by atoms with Gasteiger partial charge in [0.05, 0.1) is 0 Å². The third-order valence-corrected chi connectivity index (χ3v) is 1.18. The number of hydrogen-bond acceptors (Lipinski definition) is 3. The highest BCUT2D eigenvalue weighted by atomic mass is 16.4. The molecule has 3 N–H and O–H groups in total. The van der Waals surface area contributed by atoms with E-state index in [0.717, 1.165) is 0 Å². The summed E-state index contributed by atoms with van der Waals surface area (Å²) in [6, 6.07) is -0.916. The predicted molar refractivity (Wildman–Crippen MR) is 35.5 cm³/mol. The molecule has 10 heavy (non-hydrogen) atoms. The van der Waals surface area contributed by atoms with Crippen LogP contribution in [0.15, 0.2) is 0 Å². The number of rotatable bonds is 4. The molecule has 0 aliphatic heterocycles. The Morgan fingerprint density at radius 1 is 1.80 bits per heavy atom. The summed E-state index contributed by atoms with van der Waals surface area (Å²) in [5.41, 5.74) is 5.13. The van der Waals surface area contributed by atoms with E-state index in [1.54, 1.807) is 6.92 Å². The zero-order valence-electron chi connectivity index (χ0n) is 5.78. The maximum absolute atomic E-state index is 10.1. The zero-order valence-corrected chi connectivity index (χ0v) is 5.78. The van der Waals surface area contributed by atoms with Crippen LogP contribution >= 0.6 is 0 Å². The van der Waals surface area contributed by atoms with Crippen molar-refractivity contribution in [2.75, 3.05) is 0 Å². The summed E-state index contributed by atoms with van der Waals surface area (Å²) in [5, 5.41) is 8.29. The molecule has 2 atom stereocenters. The molecule has 0 aromatic heterocycles. The number of carbonyl (C=O) groups excluding carboxylic acids is 1. The molecular formula is C6H11NO3. The van der Waals surface area contributed by atoms with Gasteiger partial charge in [0.1, 0.15) is 12.3 Å². The topological polar surface area (TPSA) is 80.4 Å². The largest absolute Gasteiger partial charge is 0.480 e. The van der Waals surface area contributed by atoms with Gasteiger partial charge in [0.15, 0.2) is 0 Å². The van der Waals surface area contributed by atoms with Crippen molar-refractivity contribution >= 4 is 12.3 Å². The van der Waals surface area contributed by atoms with Gasteiger partial charge in [-0.3, -0.25) is 4.79 Å². The summed E-state index contributed by atoms with van der Waals surface area (Å²) in [5.74, 6) is -1.33. The fraction of sp³-hybridized carbons (Fsp3) is 0.667. The van der Waals surface area contributed by atoms with Crippen LogP contribution in [0.2, 0.25) is 0 Å². The zero-order chi connectivity index (χ0) is 8.15. The van der Waals surface area contributed by atoms with Gasteiger partial charge in [0.2, 0.25) is 0 Å². The Morgan fingerprint density at radius 3 is 2.60 bits per heavy atom.